The Morgan fingerprint density at radius 2 is 1.75 bits per heavy atom. The van der Waals surface area contributed by atoms with Crippen molar-refractivity contribution in [2.24, 2.45) is 5.92 Å². The standard InChI is InChI=1S/C22H24N2O4/c1-16(20(25)17-7-3-2-4-8-17)22(27)18-9-5-6-10-19(18)24(21(22)26)15-23-11-13-28-14-12-23/h2-10,16,27H,11-15H2,1H3/t16-,22-/m0/s1. The SMILES string of the molecule is C[C@@H](C(=O)c1ccccc1)[C@@]1(O)C(=O)N(CN2CCOCC2)c2ccccc21. The average molecular weight is 380 g/mol. The number of hydrogen-bond acceptors (Lipinski definition) is 5. The Bertz CT molecular complexity index is 879. The Kier molecular flexibility index (Phi) is 5.02. The average Bonchev–Trinajstić information content (AvgIpc) is 2.97. The van der Waals surface area contributed by atoms with Gasteiger partial charge in [-0.2, -0.15) is 0 Å². The molecule has 6 heteroatoms. The first-order valence-electron chi connectivity index (χ1n) is 9.56. The Balaban J connectivity index is 1.68. The molecule has 2 aliphatic heterocycles. The minimum absolute atomic E-state index is 0.250. The predicted octanol–water partition coefficient (Wildman–Crippen LogP) is 2.03. The van der Waals surface area contributed by atoms with Crippen molar-refractivity contribution < 1.29 is 19.4 Å². The van der Waals surface area contributed by atoms with Crippen molar-refractivity contribution in [2.75, 3.05) is 37.9 Å². The van der Waals surface area contributed by atoms with Crippen LogP contribution < -0.4 is 4.90 Å². The fourth-order valence-electron chi connectivity index (χ4n) is 4.01. The van der Waals surface area contributed by atoms with Gasteiger partial charge in [0.05, 0.1) is 31.5 Å². The summed E-state index contributed by atoms with van der Waals surface area (Å²) in [4.78, 5) is 30.1. The molecular formula is C22H24N2O4. The van der Waals surface area contributed by atoms with Crippen molar-refractivity contribution >= 4 is 17.4 Å². The number of carbonyl (C=O) groups is 2. The number of ether oxygens (including phenoxy) is 1. The lowest BCUT2D eigenvalue weighted by molar-refractivity contribution is -0.140. The van der Waals surface area contributed by atoms with Gasteiger partial charge in [-0.15, -0.1) is 0 Å². The molecule has 1 fully saturated rings. The molecule has 2 aliphatic rings. The molecule has 146 valence electrons. The highest BCUT2D eigenvalue weighted by Crippen LogP contribution is 2.45. The first-order chi connectivity index (χ1) is 13.5. The summed E-state index contributed by atoms with van der Waals surface area (Å²) < 4.78 is 5.38. The van der Waals surface area contributed by atoms with Crippen molar-refractivity contribution in [2.45, 2.75) is 12.5 Å². The van der Waals surface area contributed by atoms with E-state index in [1.165, 1.54) is 0 Å². The van der Waals surface area contributed by atoms with Gasteiger partial charge < -0.3 is 9.84 Å². The summed E-state index contributed by atoms with van der Waals surface area (Å²) in [6.45, 7) is 4.69. The lowest BCUT2D eigenvalue weighted by Gasteiger charge is -2.32. The number of hydrogen-bond donors (Lipinski definition) is 1. The van der Waals surface area contributed by atoms with Gasteiger partial charge in [-0.05, 0) is 6.07 Å². The first kappa shape index (κ1) is 18.8. The number of Topliss-reactive ketones (excluding diaryl/α,β-unsaturated/α-hetero) is 1. The van der Waals surface area contributed by atoms with E-state index in [9.17, 15) is 14.7 Å². The van der Waals surface area contributed by atoms with Gasteiger partial charge in [-0.1, -0.05) is 55.5 Å². The Morgan fingerprint density at radius 1 is 1.11 bits per heavy atom. The third kappa shape index (κ3) is 3.03. The third-order valence-electron chi connectivity index (χ3n) is 5.70. The minimum atomic E-state index is -1.88. The molecule has 2 aromatic rings. The molecule has 1 saturated heterocycles. The Labute approximate surface area is 164 Å². The minimum Gasteiger partial charge on any atom is -0.379 e. The summed E-state index contributed by atoms with van der Waals surface area (Å²) in [7, 11) is 0. The highest BCUT2D eigenvalue weighted by atomic mass is 16.5. The Hall–Kier alpha value is -2.54. The molecule has 2 aromatic carbocycles. The second-order valence-electron chi connectivity index (χ2n) is 7.34. The van der Waals surface area contributed by atoms with Crippen LogP contribution in [-0.4, -0.2) is 54.7 Å². The van der Waals surface area contributed by atoms with Crippen LogP contribution in [0.3, 0.4) is 0 Å². The van der Waals surface area contributed by atoms with E-state index in [2.05, 4.69) is 4.90 Å². The van der Waals surface area contributed by atoms with Crippen molar-refractivity contribution in [1.82, 2.24) is 4.90 Å². The second kappa shape index (κ2) is 7.47. The highest BCUT2D eigenvalue weighted by Gasteiger charge is 2.55. The molecule has 1 amide bonds. The summed E-state index contributed by atoms with van der Waals surface area (Å²) in [6.07, 6.45) is 0. The van der Waals surface area contributed by atoms with E-state index in [-0.39, 0.29) is 5.78 Å². The van der Waals surface area contributed by atoms with E-state index >= 15 is 0 Å². The number of anilines is 1. The number of carbonyl (C=O) groups excluding carboxylic acids is 2. The summed E-state index contributed by atoms with van der Waals surface area (Å²) in [5.74, 6) is -1.60. The number of nitrogens with zero attached hydrogens (tertiary/aromatic N) is 2. The van der Waals surface area contributed by atoms with Crippen LogP contribution in [-0.2, 0) is 15.1 Å². The van der Waals surface area contributed by atoms with Gasteiger partial charge in [0.2, 0.25) is 0 Å². The number of para-hydroxylation sites is 1. The van der Waals surface area contributed by atoms with Gasteiger partial charge in [-0.25, -0.2) is 0 Å². The predicted molar refractivity (Wildman–Crippen MR) is 105 cm³/mol. The molecule has 0 aliphatic carbocycles. The molecule has 0 radical (unpaired) electrons. The van der Waals surface area contributed by atoms with Crippen LogP contribution in [0.1, 0.15) is 22.8 Å². The van der Waals surface area contributed by atoms with E-state index in [0.29, 0.717) is 36.7 Å². The molecular weight excluding hydrogens is 356 g/mol. The maximum absolute atomic E-state index is 13.4. The number of ketones is 1. The number of fused-ring (bicyclic) bond motifs is 1. The molecule has 0 spiro atoms. The molecule has 4 rings (SSSR count). The zero-order chi connectivity index (χ0) is 19.7. The van der Waals surface area contributed by atoms with E-state index in [4.69, 9.17) is 4.74 Å². The molecule has 0 aromatic heterocycles. The van der Waals surface area contributed by atoms with Gasteiger partial charge in [0, 0.05) is 24.2 Å². The number of morpholine rings is 1. The van der Waals surface area contributed by atoms with Crippen molar-refractivity contribution in [3.8, 4) is 0 Å². The lowest BCUT2D eigenvalue weighted by atomic mass is 9.79. The number of amides is 1. The molecule has 0 unspecified atom stereocenters. The number of benzene rings is 2. The van der Waals surface area contributed by atoms with Gasteiger partial charge >= 0.3 is 0 Å². The van der Waals surface area contributed by atoms with Crippen molar-refractivity contribution in [1.29, 1.82) is 0 Å². The second-order valence-corrected chi connectivity index (χ2v) is 7.34. The molecule has 0 saturated carbocycles. The van der Waals surface area contributed by atoms with Gasteiger partial charge in [0.25, 0.3) is 5.91 Å². The number of rotatable bonds is 5. The molecule has 2 heterocycles. The fourth-order valence-corrected chi connectivity index (χ4v) is 4.01. The molecule has 1 N–H and O–H groups in total. The maximum Gasteiger partial charge on any atom is 0.265 e. The molecule has 28 heavy (non-hydrogen) atoms. The van der Waals surface area contributed by atoms with Crippen LogP contribution in [0.2, 0.25) is 0 Å². The zero-order valence-corrected chi connectivity index (χ0v) is 15.9. The van der Waals surface area contributed by atoms with Crippen LogP contribution in [0.5, 0.6) is 0 Å². The van der Waals surface area contributed by atoms with Crippen LogP contribution >= 0.6 is 0 Å². The third-order valence-corrected chi connectivity index (χ3v) is 5.70. The van der Waals surface area contributed by atoms with Crippen LogP contribution in [0.25, 0.3) is 0 Å². The lowest BCUT2D eigenvalue weighted by Crippen LogP contribution is -2.51. The van der Waals surface area contributed by atoms with E-state index in [1.54, 1.807) is 48.2 Å². The molecule has 2 atom stereocenters. The quantitative estimate of drug-likeness (QED) is 0.804. The molecule has 6 nitrogen and oxygen atoms in total. The smallest absolute Gasteiger partial charge is 0.265 e. The van der Waals surface area contributed by atoms with Crippen LogP contribution in [0.15, 0.2) is 54.6 Å². The summed E-state index contributed by atoms with van der Waals surface area (Å²) in [5.41, 5.74) is -0.241. The summed E-state index contributed by atoms with van der Waals surface area (Å²) in [6, 6.07) is 16.0. The topological polar surface area (TPSA) is 70.1 Å². The monoisotopic (exact) mass is 380 g/mol. The van der Waals surface area contributed by atoms with E-state index in [0.717, 1.165) is 13.1 Å². The van der Waals surface area contributed by atoms with Gasteiger partial charge in [-0.3, -0.25) is 19.4 Å². The number of aliphatic hydroxyl groups is 1. The van der Waals surface area contributed by atoms with Crippen LogP contribution in [0, 0.1) is 5.92 Å². The van der Waals surface area contributed by atoms with Gasteiger partial charge in [0.1, 0.15) is 0 Å². The van der Waals surface area contributed by atoms with E-state index in [1.807, 2.05) is 18.2 Å². The normalized spacial score (nSPS) is 23.5. The highest BCUT2D eigenvalue weighted by molar-refractivity contribution is 6.11. The Morgan fingerprint density at radius 3 is 2.46 bits per heavy atom. The van der Waals surface area contributed by atoms with Crippen molar-refractivity contribution in [3.63, 3.8) is 0 Å². The summed E-state index contributed by atoms with van der Waals surface area (Å²) >= 11 is 0. The largest absolute Gasteiger partial charge is 0.379 e. The fraction of sp³-hybridized carbons (Fsp3) is 0.364. The zero-order valence-electron chi connectivity index (χ0n) is 15.9. The maximum atomic E-state index is 13.4. The first-order valence-corrected chi connectivity index (χ1v) is 9.56. The summed E-state index contributed by atoms with van der Waals surface area (Å²) in [5, 5.41) is 11.6. The van der Waals surface area contributed by atoms with E-state index < -0.39 is 17.4 Å². The van der Waals surface area contributed by atoms with Crippen molar-refractivity contribution in [3.05, 3.63) is 65.7 Å². The molecule has 0 bridgehead atoms. The van der Waals surface area contributed by atoms with Crippen LogP contribution in [0.4, 0.5) is 5.69 Å². The van der Waals surface area contributed by atoms with Gasteiger partial charge in [0.15, 0.2) is 11.4 Å².